The first-order chi connectivity index (χ1) is 9.59. The second-order valence-corrected chi connectivity index (χ2v) is 5.20. The van der Waals surface area contributed by atoms with Crippen molar-refractivity contribution in [2.45, 2.75) is 38.9 Å². The summed E-state index contributed by atoms with van der Waals surface area (Å²) in [5.74, 6) is 6.01. The van der Waals surface area contributed by atoms with Gasteiger partial charge in [-0.15, -0.1) is 0 Å². The molecule has 1 rings (SSSR count). The van der Waals surface area contributed by atoms with E-state index in [0.717, 1.165) is 17.5 Å². The molecule has 0 heterocycles. The smallest absolute Gasteiger partial charge is 0.0728 e. The Morgan fingerprint density at radius 3 is 2.70 bits per heavy atom. The van der Waals surface area contributed by atoms with E-state index >= 15 is 0 Å². The molecule has 0 saturated heterocycles. The lowest BCUT2D eigenvalue weighted by Gasteiger charge is -2.22. The van der Waals surface area contributed by atoms with Crippen molar-refractivity contribution in [1.29, 1.82) is 0 Å². The van der Waals surface area contributed by atoms with Crippen LogP contribution in [0.1, 0.15) is 37.8 Å². The Hall–Kier alpha value is -1.34. The summed E-state index contributed by atoms with van der Waals surface area (Å²) in [4.78, 5) is 0. The maximum Gasteiger partial charge on any atom is 0.0728 e. The van der Waals surface area contributed by atoms with Gasteiger partial charge in [0.2, 0.25) is 0 Å². The third kappa shape index (κ3) is 6.21. The Labute approximate surface area is 121 Å². The first-order valence-corrected chi connectivity index (χ1v) is 6.89. The molecule has 0 spiro atoms. The van der Waals surface area contributed by atoms with Gasteiger partial charge in [-0.05, 0) is 31.9 Å². The molecule has 0 unspecified atom stereocenters. The van der Waals surface area contributed by atoms with Crippen LogP contribution >= 0.6 is 0 Å². The lowest BCUT2D eigenvalue weighted by atomic mass is 10.1. The maximum atomic E-state index is 8.75. The number of hydrogen-bond donors (Lipinski definition) is 1. The maximum absolute atomic E-state index is 8.75. The van der Waals surface area contributed by atoms with Gasteiger partial charge < -0.3 is 14.6 Å². The Bertz CT molecular complexity index is 455. The number of aliphatic hydroxyl groups is 1. The van der Waals surface area contributed by atoms with E-state index in [9.17, 15) is 0 Å². The van der Waals surface area contributed by atoms with Gasteiger partial charge in [-0.25, -0.2) is 0 Å². The molecule has 20 heavy (non-hydrogen) atoms. The number of benzene rings is 1. The highest BCUT2D eigenvalue weighted by Crippen LogP contribution is 2.14. The normalized spacial score (nSPS) is 11.0. The predicted octanol–water partition coefficient (Wildman–Crippen LogP) is 2.75. The summed E-state index contributed by atoms with van der Waals surface area (Å²) in [5.41, 5.74) is 1.89. The van der Waals surface area contributed by atoms with Crippen LogP contribution < -0.4 is 0 Å². The van der Waals surface area contributed by atoms with Gasteiger partial charge in [0.1, 0.15) is 0 Å². The van der Waals surface area contributed by atoms with Crippen LogP contribution in [0.15, 0.2) is 24.3 Å². The molecule has 0 aromatic heterocycles. The van der Waals surface area contributed by atoms with Gasteiger partial charge in [0, 0.05) is 25.7 Å². The molecule has 0 fully saturated rings. The van der Waals surface area contributed by atoms with Crippen LogP contribution in [0.5, 0.6) is 0 Å². The van der Waals surface area contributed by atoms with Crippen LogP contribution in [0.25, 0.3) is 0 Å². The van der Waals surface area contributed by atoms with Crippen molar-refractivity contribution < 1.29 is 14.6 Å². The Kier molecular flexibility index (Phi) is 7.32. The number of methoxy groups -OCH3 is 1. The summed E-state index contributed by atoms with van der Waals surface area (Å²) in [7, 11) is 1.71. The molecule has 1 aromatic carbocycles. The van der Waals surface area contributed by atoms with Crippen LogP contribution in [-0.2, 0) is 16.1 Å². The minimum absolute atomic E-state index is 0.0950. The minimum Gasteiger partial charge on any atom is -0.395 e. The predicted molar refractivity (Wildman–Crippen MR) is 80.4 cm³/mol. The quantitative estimate of drug-likeness (QED) is 0.615. The highest BCUT2D eigenvalue weighted by molar-refractivity contribution is 5.40. The van der Waals surface area contributed by atoms with E-state index in [1.165, 1.54) is 0 Å². The van der Waals surface area contributed by atoms with Crippen molar-refractivity contribution in [1.82, 2.24) is 0 Å². The fraction of sp³-hybridized carbons (Fsp3) is 0.529. The number of ether oxygens (including phenoxy) is 2. The molecule has 0 bridgehead atoms. The third-order valence-corrected chi connectivity index (χ3v) is 3.14. The fourth-order valence-electron chi connectivity index (χ4n) is 1.58. The minimum atomic E-state index is -0.152. The van der Waals surface area contributed by atoms with Crippen molar-refractivity contribution in [3.8, 4) is 11.8 Å². The molecule has 1 aromatic rings. The van der Waals surface area contributed by atoms with Gasteiger partial charge in [0.15, 0.2) is 0 Å². The molecule has 0 amide bonds. The second-order valence-electron chi connectivity index (χ2n) is 5.20. The molecule has 0 aliphatic rings. The first-order valence-electron chi connectivity index (χ1n) is 6.89. The van der Waals surface area contributed by atoms with Crippen molar-refractivity contribution in [3.63, 3.8) is 0 Å². The summed E-state index contributed by atoms with van der Waals surface area (Å²) < 4.78 is 11.1. The van der Waals surface area contributed by atoms with Gasteiger partial charge in [0.05, 0.1) is 18.8 Å². The van der Waals surface area contributed by atoms with Gasteiger partial charge in [-0.3, -0.25) is 0 Å². The molecular formula is C17H24O3. The van der Waals surface area contributed by atoms with E-state index in [2.05, 4.69) is 11.8 Å². The van der Waals surface area contributed by atoms with Crippen molar-refractivity contribution >= 4 is 0 Å². The second kappa shape index (κ2) is 8.76. The average molecular weight is 276 g/mol. The van der Waals surface area contributed by atoms with E-state index in [4.69, 9.17) is 14.6 Å². The summed E-state index contributed by atoms with van der Waals surface area (Å²) in [6, 6.07) is 7.93. The SMILES string of the molecule is COC(C)(C)CCOCc1ccccc1C#CCCO. The number of rotatable bonds is 7. The molecule has 1 N–H and O–H groups in total. The standard InChI is InChI=1S/C17H24O3/c1-17(2,19-3)11-13-20-14-16-10-5-4-8-15(16)9-6-7-12-18/h4-5,8,10,18H,7,11-14H2,1-3H3. The van der Waals surface area contributed by atoms with E-state index < -0.39 is 0 Å². The van der Waals surface area contributed by atoms with E-state index in [-0.39, 0.29) is 12.2 Å². The lowest BCUT2D eigenvalue weighted by molar-refractivity contribution is -0.0124. The van der Waals surface area contributed by atoms with Gasteiger partial charge in [0.25, 0.3) is 0 Å². The Morgan fingerprint density at radius 2 is 2.00 bits per heavy atom. The topological polar surface area (TPSA) is 38.7 Å². The lowest BCUT2D eigenvalue weighted by Crippen LogP contribution is -2.24. The number of hydrogen-bond acceptors (Lipinski definition) is 3. The van der Waals surface area contributed by atoms with E-state index in [1.807, 2.05) is 38.1 Å². The van der Waals surface area contributed by atoms with Crippen LogP contribution in [0.3, 0.4) is 0 Å². The molecule has 3 nitrogen and oxygen atoms in total. The highest BCUT2D eigenvalue weighted by Gasteiger charge is 2.15. The van der Waals surface area contributed by atoms with E-state index in [0.29, 0.717) is 19.6 Å². The molecular weight excluding hydrogens is 252 g/mol. The van der Waals surface area contributed by atoms with E-state index in [1.54, 1.807) is 7.11 Å². The van der Waals surface area contributed by atoms with Crippen molar-refractivity contribution in [3.05, 3.63) is 35.4 Å². The summed E-state index contributed by atoms with van der Waals surface area (Å²) in [6.45, 7) is 5.39. The molecule has 0 radical (unpaired) electrons. The summed E-state index contributed by atoms with van der Waals surface area (Å²) in [5, 5.41) is 8.75. The van der Waals surface area contributed by atoms with Gasteiger partial charge in [-0.2, -0.15) is 0 Å². The fourth-order valence-corrected chi connectivity index (χ4v) is 1.58. The van der Waals surface area contributed by atoms with Crippen LogP contribution in [0, 0.1) is 11.8 Å². The van der Waals surface area contributed by atoms with Crippen molar-refractivity contribution in [2.75, 3.05) is 20.3 Å². The molecule has 0 aliphatic heterocycles. The average Bonchev–Trinajstić information content (AvgIpc) is 2.45. The van der Waals surface area contributed by atoms with Crippen LogP contribution in [0.2, 0.25) is 0 Å². The third-order valence-electron chi connectivity index (χ3n) is 3.14. The Morgan fingerprint density at radius 1 is 1.25 bits per heavy atom. The largest absolute Gasteiger partial charge is 0.395 e. The Balaban J connectivity index is 2.50. The zero-order valence-electron chi connectivity index (χ0n) is 12.6. The summed E-state index contributed by atoms with van der Waals surface area (Å²) >= 11 is 0. The van der Waals surface area contributed by atoms with Crippen LogP contribution in [0.4, 0.5) is 0 Å². The first kappa shape index (κ1) is 16.7. The molecule has 0 saturated carbocycles. The highest BCUT2D eigenvalue weighted by atomic mass is 16.5. The zero-order valence-corrected chi connectivity index (χ0v) is 12.6. The molecule has 0 aliphatic carbocycles. The molecule has 3 heteroatoms. The zero-order chi connectivity index (χ0) is 14.8. The van der Waals surface area contributed by atoms with Gasteiger partial charge in [-0.1, -0.05) is 30.0 Å². The molecule has 0 atom stereocenters. The van der Waals surface area contributed by atoms with Crippen LogP contribution in [-0.4, -0.2) is 31.0 Å². The van der Waals surface area contributed by atoms with Crippen molar-refractivity contribution in [2.24, 2.45) is 0 Å². The molecule has 110 valence electrons. The monoisotopic (exact) mass is 276 g/mol. The van der Waals surface area contributed by atoms with Gasteiger partial charge >= 0.3 is 0 Å². The number of aliphatic hydroxyl groups excluding tert-OH is 1. The summed E-state index contributed by atoms with van der Waals surface area (Å²) in [6.07, 6.45) is 1.35.